The van der Waals surface area contributed by atoms with E-state index in [1.807, 2.05) is 0 Å². The molecule has 7 nitrogen and oxygen atoms in total. The Morgan fingerprint density at radius 2 is 1.73 bits per heavy atom. The standard InChI is InChI=1S/C18H19N3O4S/c22-15(21-18-19-9-10-26-18)11-5-7-12(8-6-11)20-16(23)13-3-1-2-4-14(13)17(24)25/h5-10,13-14H,1-4H2,(H,20,23)(H,24,25)(H,19,21,22)/p-1/t13-,14-/m1/s1. The van der Waals surface area contributed by atoms with Crippen molar-refractivity contribution in [2.24, 2.45) is 11.8 Å². The van der Waals surface area contributed by atoms with Gasteiger partial charge >= 0.3 is 0 Å². The van der Waals surface area contributed by atoms with Crippen LogP contribution in [0.3, 0.4) is 0 Å². The van der Waals surface area contributed by atoms with Gasteiger partial charge < -0.3 is 15.2 Å². The number of nitrogens with zero attached hydrogens (tertiary/aromatic N) is 1. The quantitative estimate of drug-likeness (QED) is 0.832. The summed E-state index contributed by atoms with van der Waals surface area (Å²) in [4.78, 5) is 39.8. The number of anilines is 2. The molecule has 2 N–H and O–H groups in total. The van der Waals surface area contributed by atoms with Gasteiger partial charge in [-0.2, -0.15) is 0 Å². The second-order valence-corrected chi connectivity index (χ2v) is 7.07. The van der Waals surface area contributed by atoms with Crippen LogP contribution in [0.5, 0.6) is 0 Å². The first-order chi connectivity index (χ1) is 12.5. The minimum absolute atomic E-state index is 0.290. The summed E-state index contributed by atoms with van der Waals surface area (Å²) in [7, 11) is 0. The van der Waals surface area contributed by atoms with Crippen molar-refractivity contribution in [2.75, 3.05) is 10.6 Å². The van der Waals surface area contributed by atoms with Gasteiger partial charge in [-0.1, -0.05) is 12.8 Å². The first-order valence-electron chi connectivity index (χ1n) is 8.37. The molecule has 2 atom stereocenters. The molecule has 1 fully saturated rings. The van der Waals surface area contributed by atoms with Gasteiger partial charge in [0.2, 0.25) is 5.91 Å². The highest BCUT2D eigenvalue weighted by Crippen LogP contribution is 2.30. The molecule has 0 bridgehead atoms. The van der Waals surface area contributed by atoms with Crippen molar-refractivity contribution in [2.45, 2.75) is 25.7 Å². The number of aliphatic carboxylic acids is 1. The maximum Gasteiger partial charge on any atom is 0.257 e. The molecular formula is C18H18N3O4S-. The lowest BCUT2D eigenvalue weighted by atomic mass is 9.78. The van der Waals surface area contributed by atoms with E-state index < -0.39 is 17.8 Å². The summed E-state index contributed by atoms with van der Waals surface area (Å²) in [6.07, 6.45) is 4.24. The van der Waals surface area contributed by atoms with E-state index in [-0.39, 0.29) is 11.8 Å². The molecule has 0 unspecified atom stereocenters. The predicted octanol–water partition coefficient (Wildman–Crippen LogP) is 1.89. The fourth-order valence-electron chi connectivity index (χ4n) is 3.12. The zero-order chi connectivity index (χ0) is 18.5. The maximum atomic E-state index is 12.4. The monoisotopic (exact) mass is 372 g/mol. The van der Waals surface area contributed by atoms with Crippen molar-refractivity contribution in [1.82, 2.24) is 4.98 Å². The number of rotatable bonds is 5. The molecule has 0 radical (unpaired) electrons. The lowest BCUT2D eigenvalue weighted by Gasteiger charge is -2.31. The van der Waals surface area contributed by atoms with E-state index in [1.165, 1.54) is 11.3 Å². The smallest absolute Gasteiger partial charge is 0.257 e. The van der Waals surface area contributed by atoms with Crippen LogP contribution >= 0.6 is 11.3 Å². The van der Waals surface area contributed by atoms with E-state index in [1.54, 1.807) is 35.8 Å². The number of aromatic nitrogens is 1. The van der Waals surface area contributed by atoms with Crippen LogP contribution in [0.15, 0.2) is 35.8 Å². The molecule has 3 rings (SSSR count). The maximum absolute atomic E-state index is 12.4. The van der Waals surface area contributed by atoms with Gasteiger partial charge in [-0.25, -0.2) is 4.98 Å². The molecule has 2 aromatic rings. The van der Waals surface area contributed by atoms with Crippen molar-refractivity contribution >= 4 is 39.9 Å². The van der Waals surface area contributed by atoms with Gasteiger partial charge in [-0.15, -0.1) is 11.3 Å². The second-order valence-electron chi connectivity index (χ2n) is 6.17. The van der Waals surface area contributed by atoms with Gasteiger partial charge in [0, 0.05) is 40.6 Å². The van der Waals surface area contributed by atoms with E-state index in [0.29, 0.717) is 29.2 Å². The van der Waals surface area contributed by atoms with Crippen LogP contribution in [0.25, 0.3) is 0 Å². The van der Waals surface area contributed by atoms with Gasteiger partial charge in [0.05, 0.1) is 0 Å². The number of amides is 2. The number of hydrogen-bond donors (Lipinski definition) is 2. The Labute approximate surface area is 154 Å². The van der Waals surface area contributed by atoms with Gasteiger partial charge in [-0.05, 0) is 37.1 Å². The van der Waals surface area contributed by atoms with Crippen LogP contribution < -0.4 is 15.7 Å². The molecule has 1 aromatic heterocycles. The van der Waals surface area contributed by atoms with E-state index in [0.717, 1.165) is 12.8 Å². The summed E-state index contributed by atoms with van der Waals surface area (Å²) in [6, 6.07) is 6.42. The minimum Gasteiger partial charge on any atom is -0.550 e. The summed E-state index contributed by atoms with van der Waals surface area (Å²) in [5.41, 5.74) is 0.951. The van der Waals surface area contributed by atoms with Crippen molar-refractivity contribution < 1.29 is 19.5 Å². The Bertz CT molecular complexity index is 789. The Morgan fingerprint density at radius 1 is 1.04 bits per heavy atom. The number of hydrogen-bond acceptors (Lipinski definition) is 6. The summed E-state index contributed by atoms with van der Waals surface area (Å²) < 4.78 is 0. The molecule has 1 saturated carbocycles. The molecule has 1 aliphatic carbocycles. The molecule has 0 aliphatic heterocycles. The van der Waals surface area contributed by atoms with E-state index >= 15 is 0 Å². The van der Waals surface area contributed by atoms with Crippen molar-refractivity contribution in [3.8, 4) is 0 Å². The van der Waals surface area contributed by atoms with Crippen LogP contribution in [-0.2, 0) is 9.59 Å². The Kier molecular flexibility index (Phi) is 5.62. The molecule has 26 heavy (non-hydrogen) atoms. The molecule has 8 heteroatoms. The number of benzene rings is 1. The number of carbonyl (C=O) groups excluding carboxylic acids is 3. The molecule has 0 saturated heterocycles. The lowest BCUT2D eigenvalue weighted by Crippen LogP contribution is -2.42. The highest BCUT2D eigenvalue weighted by molar-refractivity contribution is 7.13. The van der Waals surface area contributed by atoms with Crippen molar-refractivity contribution in [1.29, 1.82) is 0 Å². The number of nitrogens with one attached hydrogen (secondary N) is 2. The largest absolute Gasteiger partial charge is 0.550 e. The third-order valence-corrected chi connectivity index (χ3v) is 5.16. The third kappa shape index (κ3) is 4.26. The Balaban J connectivity index is 1.62. The van der Waals surface area contributed by atoms with Crippen molar-refractivity contribution in [3.05, 3.63) is 41.4 Å². The molecule has 136 valence electrons. The molecular weight excluding hydrogens is 354 g/mol. The first-order valence-corrected chi connectivity index (χ1v) is 9.25. The number of thiazole rings is 1. The van der Waals surface area contributed by atoms with E-state index in [9.17, 15) is 19.5 Å². The molecule has 2 amide bonds. The minimum atomic E-state index is -1.17. The Morgan fingerprint density at radius 3 is 2.35 bits per heavy atom. The predicted molar refractivity (Wildman–Crippen MR) is 95.6 cm³/mol. The third-order valence-electron chi connectivity index (χ3n) is 4.47. The highest BCUT2D eigenvalue weighted by atomic mass is 32.1. The van der Waals surface area contributed by atoms with Crippen LogP contribution in [0.4, 0.5) is 10.8 Å². The summed E-state index contributed by atoms with van der Waals surface area (Å²) in [5.74, 6) is -3.10. The normalized spacial score (nSPS) is 19.5. The molecule has 0 spiro atoms. The highest BCUT2D eigenvalue weighted by Gasteiger charge is 2.31. The molecule has 1 aliphatic rings. The number of carboxylic acids is 1. The van der Waals surface area contributed by atoms with Crippen LogP contribution in [-0.4, -0.2) is 22.8 Å². The average molecular weight is 372 g/mol. The van der Waals surface area contributed by atoms with Crippen molar-refractivity contribution in [3.63, 3.8) is 0 Å². The van der Waals surface area contributed by atoms with Gasteiger partial charge in [0.15, 0.2) is 5.13 Å². The zero-order valence-corrected chi connectivity index (χ0v) is 14.8. The van der Waals surface area contributed by atoms with Gasteiger partial charge in [0.1, 0.15) is 0 Å². The topological polar surface area (TPSA) is 111 Å². The summed E-state index contributed by atoms with van der Waals surface area (Å²) in [5, 5.41) is 18.9. The van der Waals surface area contributed by atoms with E-state index in [4.69, 9.17) is 0 Å². The zero-order valence-electron chi connectivity index (χ0n) is 13.9. The summed E-state index contributed by atoms with van der Waals surface area (Å²) in [6.45, 7) is 0. The first kappa shape index (κ1) is 18.1. The van der Waals surface area contributed by atoms with Gasteiger partial charge in [-0.3, -0.25) is 14.9 Å². The average Bonchev–Trinajstić information content (AvgIpc) is 3.15. The van der Waals surface area contributed by atoms with E-state index in [2.05, 4.69) is 15.6 Å². The lowest BCUT2D eigenvalue weighted by molar-refractivity contribution is -0.313. The molecule has 1 heterocycles. The Hall–Kier alpha value is -2.74. The fraction of sp³-hybridized carbons (Fsp3) is 0.333. The fourth-order valence-corrected chi connectivity index (χ4v) is 3.65. The van der Waals surface area contributed by atoms with Crippen LogP contribution in [0, 0.1) is 11.8 Å². The van der Waals surface area contributed by atoms with Crippen LogP contribution in [0.1, 0.15) is 36.0 Å². The molecule has 1 aromatic carbocycles. The van der Waals surface area contributed by atoms with Gasteiger partial charge in [0.25, 0.3) is 5.91 Å². The summed E-state index contributed by atoms with van der Waals surface area (Å²) >= 11 is 1.32. The van der Waals surface area contributed by atoms with Crippen LogP contribution in [0.2, 0.25) is 0 Å². The SMILES string of the molecule is O=C(Nc1nccs1)c1ccc(NC(=O)[C@@H]2CCCC[C@H]2C(=O)[O-])cc1. The number of carbonyl (C=O) groups is 3. The second kappa shape index (κ2) is 8.09. The number of carboxylic acid groups (broad SMARTS) is 1.